The van der Waals surface area contributed by atoms with Gasteiger partial charge in [-0.25, -0.2) is 15.0 Å². The Kier molecular flexibility index (Phi) is 6.37. The Labute approximate surface area is 95.7 Å². The standard InChI is InChI=1S/C8H10N4S.C2H6/c1-5(9)11-8(13)7-3-4-10-6(2)12-7;1-2/h3-4H,1-2H3,(H2,9,11,13);1-2H3. The molecule has 5 heteroatoms. The first-order chi connectivity index (χ1) is 7.09. The topological polar surface area (TPSA) is 64.2 Å². The molecule has 0 fully saturated rings. The molecule has 0 bridgehead atoms. The molecular formula is C10H16N4S. The van der Waals surface area contributed by atoms with Crippen molar-refractivity contribution in [3.63, 3.8) is 0 Å². The first-order valence-corrected chi connectivity index (χ1v) is 5.15. The maximum absolute atomic E-state index is 5.39. The molecule has 4 nitrogen and oxygen atoms in total. The van der Waals surface area contributed by atoms with Crippen molar-refractivity contribution in [1.29, 1.82) is 0 Å². The molecule has 0 aliphatic rings. The van der Waals surface area contributed by atoms with Crippen LogP contribution in [0.3, 0.4) is 0 Å². The monoisotopic (exact) mass is 224 g/mol. The second-order valence-electron chi connectivity index (χ2n) is 2.55. The lowest BCUT2D eigenvalue weighted by molar-refractivity contribution is 1.04. The van der Waals surface area contributed by atoms with Crippen LogP contribution in [0.2, 0.25) is 0 Å². The van der Waals surface area contributed by atoms with E-state index in [0.29, 0.717) is 22.3 Å². The van der Waals surface area contributed by atoms with E-state index in [2.05, 4.69) is 15.0 Å². The van der Waals surface area contributed by atoms with Crippen LogP contribution in [0, 0.1) is 6.92 Å². The summed E-state index contributed by atoms with van der Waals surface area (Å²) in [6.45, 7) is 7.48. The average molecular weight is 224 g/mol. The Bertz CT molecular complexity index is 356. The number of rotatable bonds is 1. The zero-order valence-corrected chi connectivity index (χ0v) is 10.3. The highest BCUT2D eigenvalue weighted by atomic mass is 32.1. The Morgan fingerprint density at radius 1 is 1.47 bits per heavy atom. The first kappa shape index (κ1) is 13.6. The van der Waals surface area contributed by atoms with Crippen molar-refractivity contribution in [2.24, 2.45) is 10.7 Å². The van der Waals surface area contributed by atoms with Gasteiger partial charge in [0.1, 0.15) is 11.5 Å². The number of aryl methyl sites for hydroxylation is 1. The zero-order chi connectivity index (χ0) is 11.8. The summed E-state index contributed by atoms with van der Waals surface area (Å²) in [6, 6.07) is 1.71. The molecule has 1 rings (SSSR count). The minimum Gasteiger partial charge on any atom is -0.387 e. The normalized spacial score (nSPS) is 10.3. The largest absolute Gasteiger partial charge is 0.387 e. The minimum absolute atomic E-state index is 0.394. The first-order valence-electron chi connectivity index (χ1n) is 4.74. The summed E-state index contributed by atoms with van der Waals surface area (Å²) in [6.07, 6.45) is 1.64. The fourth-order valence-corrected chi connectivity index (χ4v) is 1.05. The molecule has 0 aliphatic heterocycles. The van der Waals surface area contributed by atoms with Crippen molar-refractivity contribution < 1.29 is 0 Å². The molecule has 0 amide bonds. The summed E-state index contributed by atoms with van der Waals surface area (Å²) in [5, 5.41) is 0. The lowest BCUT2D eigenvalue weighted by Crippen LogP contribution is -2.10. The Balaban J connectivity index is 0.000000921. The Morgan fingerprint density at radius 2 is 2.07 bits per heavy atom. The third-order valence-corrected chi connectivity index (χ3v) is 1.57. The maximum atomic E-state index is 5.39. The number of amidine groups is 1. The summed E-state index contributed by atoms with van der Waals surface area (Å²) >= 11 is 5.00. The van der Waals surface area contributed by atoms with E-state index < -0.39 is 0 Å². The minimum atomic E-state index is 0.394. The highest BCUT2D eigenvalue weighted by Crippen LogP contribution is 1.98. The number of aliphatic imine (C=N–C) groups is 1. The third kappa shape index (κ3) is 5.17. The summed E-state index contributed by atoms with van der Waals surface area (Å²) in [7, 11) is 0. The molecule has 0 saturated carbocycles. The smallest absolute Gasteiger partial charge is 0.153 e. The van der Waals surface area contributed by atoms with E-state index in [-0.39, 0.29) is 0 Å². The van der Waals surface area contributed by atoms with Crippen molar-refractivity contribution in [3.8, 4) is 0 Å². The number of hydrogen-bond acceptors (Lipinski definition) is 3. The molecule has 0 saturated heterocycles. The van der Waals surface area contributed by atoms with Crippen molar-refractivity contribution in [2.75, 3.05) is 0 Å². The summed E-state index contributed by atoms with van der Waals surface area (Å²) < 4.78 is 0. The zero-order valence-electron chi connectivity index (χ0n) is 9.48. The summed E-state index contributed by atoms with van der Waals surface area (Å²) in [5.74, 6) is 1.10. The Morgan fingerprint density at radius 3 is 2.53 bits per heavy atom. The van der Waals surface area contributed by atoms with Crippen LogP contribution in [0.15, 0.2) is 17.3 Å². The number of thiocarbonyl (C=S) groups is 1. The quantitative estimate of drug-likeness (QED) is 0.449. The van der Waals surface area contributed by atoms with Crippen LogP contribution < -0.4 is 5.73 Å². The number of nitrogens with two attached hydrogens (primary N) is 1. The Hall–Kier alpha value is -1.36. The predicted octanol–water partition coefficient (Wildman–Crippen LogP) is 1.86. The molecule has 0 radical (unpaired) electrons. The molecule has 1 aromatic rings. The molecule has 1 heterocycles. The molecule has 0 aromatic carbocycles. The van der Waals surface area contributed by atoms with Gasteiger partial charge in [-0.3, -0.25) is 0 Å². The fourth-order valence-electron chi connectivity index (χ4n) is 0.793. The summed E-state index contributed by atoms with van der Waals surface area (Å²) in [5.41, 5.74) is 6.02. The highest BCUT2D eigenvalue weighted by molar-refractivity contribution is 7.80. The van der Waals surface area contributed by atoms with E-state index in [1.165, 1.54) is 0 Å². The summed E-state index contributed by atoms with van der Waals surface area (Å²) in [4.78, 5) is 12.4. The van der Waals surface area contributed by atoms with E-state index in [1.807, 2.05) is 13.8 Å². The van der Waals surface area contributed by atoms with Gasteiger partial charge < -0.3 is 5.73 Å². The van der Waals surface area contributed by atoms with Gasteiger partial charge in [-0.2, -0.15) is 0 Å². The second-order valence-corrected chi connectivity index (χ2v) is 2.93. The van der Waals surface area contributed by atoms with E-state index in [1.54, 1.807) is 26.1 Å². The van der Waals surface area contributed by atoms with Crippen LogP contribution in [0.5, 0.6) is 0 Å². The van der Waals surface area contributed by atoms with Gasteiger partial charge in [0.25, 0.3) is 0 Å². The van der Waals surface area contributed by atoms with Crippen molar-refractivity contribution >= 4 is 23.0 Å². The molecule has 2 N–H and O–H groups in total. The van der Waals surface area contributed by atoms with Gasteiger partial charge in [-0.15, -0.1) is 0 Å². The third-order valence-electron chi connectivity index (χ3n) is 1.27. The van der Waals surface area contributed by atoms with Crippen LogP contribution in [0.4, 0.5) is 0 Å². The molecule has 0 aliphatic carbocycles. The lowest BCUT2D eigenvalue weighted by Gasteiger charge is -1.98. The molecule has 82 valence electrons. The molecular weight excluding hydrogens is 208 g/mol. The maximum Gasteiger partial charge on any atom is 0.153 e. The van der Waals surface area contributed by atoms with E-state index in [9.17, 15) is 0 Å². The molecule has 0 unspecified atom stereocenters. The average Bonchev–Trinajstić information content (AvgIpc) is 2.20. The number of aromatic nitrogens is 2. The van der Waals surface area contributed by atoms with E-state index in [4.69, 9.17) is 18.0 Å². The van der Waals surface area contributed by atoms with Gasteiger partial charge in [0.05, 0.1) is 5.84 Å². The number of nitrogens with zero attached hydrogens (tertiary/aromatic N) is 3. The van der Waals surface area contributed by atoms with Gasteiger partial charge in [0, 0.05) is 6.20 Å². The number of hydrogen-bond donors (Lipinski definition) is 1. The highest BCUT2D eigenvalue weighted by Gasteiger charge is 2.00. The van der Waals surface area contributed by atoms with Crippen LogP contribution in [0.1, 0.15) is 32.3 Å². The lowest BCUT2D eigenvalue weighted by atomic mass is 10.4. The van der Waals surface area contributed by atoms with Crippen LogP contribution in [-0.2, 0) is 0 Å². The van der Waals surface area contributed by atoms with Crippen LogP contribution >= 0.6 is 12.2 Å². The van der Waals surface area contributed by atoms with E-state index >= 15 is 0 Å². The van der Waals surface area contributed by atoms with Gasteiger partial charge in [-0.05, 0) is 19.9 Å². The van der Waals surface area contributed by atoms with E-state index in [0.717, 1.165) is 0 Å². The molecule has 1 aromatic heterocycles. The van der Waals surface area contributed by atoms with Crippen molar-refractivity contribution in [2.45, 2.75) is 27.7 Å². The van der Waals surface area contributed by atoms with Gasteiger partial charge >= 0.3 is 0 Å². The van der Waals surface area contributed by atoms with Gasteiger partial charge in [0.2, 0.25) is 0 Å². The van der Waals surface area contributed by atoms with Gasteiger partial charge in [0.15, 0.2) is 4.99 Å². The van der Waals surface area contributed by atoms with Crippen LogP contribution in [-0.4, -0.2) is 20.8 Å². The molecule has 15 heavy (non-hydrogen) atoms. The van der Waals surface area contributed by atoms with Crippen molar-refractivity contribution in [1.82, 2.24) is 9.97 Å². The van der Waals surface area contributed by atoms with Crippen LogP contribution in [0.25, 0.3) is 0 Å². The second kappa shape index (κ2) is 7.00. The SMILES string of the molecule is CC.CC(N)=NC(=S)c1ccnc(C)n1. The van der Waals surface area contributed by atoms with Crippen molar-refractivity contribution in [3.05, 3.63) is 23.8 Å². The molecule has 0 atom stereocenters. The predicted molar refractivity (Wildman–Crippen MR) is 67.1 cm³/mol. The van der Waals surface area contributed by atoms with Gasteiger partial charge in [-0.1, -0.05) is 26.1 Å². The fraction of sp³-hybridized carbons (Fsp3) is 0.400. The molecule has 0 spiro atoms.